The number of primary amides is 1. The number of aliphatic carboxylic acids is 1. The number of rotatable bonds is 11. The topological polar surface area (TPSA) is 214 Å². The van der Waals surface area contributed by atoms with Gasteiger partial charge in [0.1, 0.15) is 24.2 Å². The van der Waals surface area contributed by atoms with Crippen molar-refractivity contribution in [2.75, 3.05) is 6.61 Å². The molecular formula is C14H25N5O7. The first-order valence-electron chi connectivity index (χ1n) is 7.78. The van der Waals surface area contributed by atoms with Crippen molar-refractivity contribution in [3.8, 4) is 0 Å². The number of amides is 4. The Morgan fingerprint density at radius 2 is 1.46 bits per heavy atom. The van der Waals surface area contributed by atoms with E-state index in [-0.39, 0.29) is 12.8 Å². The molecule has 0 aliphatic carbocycles. The van der Waals surface area contributed by atoms with E-state index in [4.69, 9.17) is 21.7 Å². The van der Waals surface area contributed by atoms with Gasteiger partial charge in [0.15, 0.2) is 0 Å². The molecule has 4 unspecified atom stereocenters. The Kier molecular flexibility index (Phi) is 9.84. The minimum atomic E-state index is -1.28. The molecule has 0 aliphatic heterocycles. The fraction of sp³-hybridized carbons (Fsp3) is 0.643. The predicted octanol–water partition coefficient (Wildman–Crippen LogP) is -3.85. The lowest BCUT2D eigenvalue weighted by molar-refractivity contribution is -0.142. The second-order valence-corrected chi connectivity index (χ2v) is 5.65. The third kappa shape index (κ3) is 8.39. The lowest BCUT2D eigenvalue weighted by atomic mass is 10.1. The van der Waals surface area contributed by atoms with Gasteiger partial charge in [0.2, 0.25) is 23.6 Å². The second-order valence-electron chi connectivity index (χ2n) is 5.65. The Labute approximate surface area is 149 Å². The molecule has 0 bridgehead atoms. The van der Waals surface area contributed by atoms with Crippen molar-refractivity contribution in [1.29, 1.82) is 0 Å². The van der Waals surface area contributed by atoms with E-state index in [1.54, 1.807) is 0 Å². The maximum Gasteiger partial charge on any atom is 0.325 e. The van der Waals surface area contributed by atoms with Gasteiger partial charge in [-0.05, 0) is 20.3 Å². The number of hydrogen-bond donors (Lipinski definition) is 7. The number of nitrogens with one attached hydrogen (secondary N) is 3. The van der Waals surface area contributed by atoms with Gasteiger partial charge < -0.3 is 37.6 Å². The summed E-state index contributed by atoms with van der Waals surface area (Å²) in [5, 5.41) is 24.3. The summed E-state index contributed by atoms with van der Waals surface area (Å²) in [5.41, 5.74) is 10.3. The Morgan fingerprint density at radius 1 is 0.923 bits per heavy atom. The molecule has 0 aliphatic rings. The lowest BCUT2D eigenvalue weighted by Crippen LogP contribution is -2.56. The minimum absolute atomic E-state index is 0.157. The highest BCUT2D eigenvalue weighted by Crippen LogP contribution is 2.00. The van der Waals surface area contributed by atoms with Crippen molar-refractivity contribution in [3.63, 3.8) is 0 Å². The van der Waals surface area contributed by atoms with E-state index < -0.39 is 60.4 Å². The molecular weight excluding hydrogens is 350 g/mol. The number of nitrogens with two attached hydrogens (primary N) is 2. The molecule has 12 heteroatoms. The quantitative estimate of drug-likeness (QED) is 0.189. The zero-order valence-electron chi connectivity index (χ0n) is 14.5. The van der Waals surface area contributed by atoms with Gasteiger partial charge in [-0.15, -0.1) is 0 Å². The van der Waals surface area contributed by atoms with Crippen LogP contribution in [0.2, 0.25) is 0 Å². The Bertz CT molecular complexity index is 554. The zero-order valence-corrected chi connectivity index (χ0v) is 14.5. The third-order valence-electron chi connectivity index (χ3n) is 3.33. The fourth-order valence-electron chi connectivity index (χ4n) is 1.70. The van der Waals surface area contributed by atoms with Gasteiger partial charge in [0, 0.05) is 6.42 Å². The van der Waals surface area contributed by atoms with Gasteiger partial charge in [0.25, 0.3) is 0 Å². The number of hydrogen-bond acceptors (Lipinski definition) is 7. The minimum Gasteiger partial charge on any atom is -0.480 e. The van der Waals surface area contributed by atoms with Crippen molar-refractivity contribution in [2.45, 2.75) is 50.9 Å². The highest BCUT2D eigenvalue weighted by molar-refractivity contribution is 5.94. The molecule has 0 radical (unpaired) electrons. The standard InChI is InChI=1S/C14H25N5O7/c1-6(17-12(23)8(15)5-20)11(22)19-9(3-4-10(16)21)13(24)18-7(2)14(25)26/h6-9,20H,3-5,15H2,1-2H3,(H2,16,21)(H,17,23)(H,18,24)(H,19,22)(H,25,26). The predicted molar refractivity (Wildman–Crippen MR) is 88.3 cm³/mol. The average molecular weight is 375 g/mol. The summed E-state index contributed by atoms with van der Waals surface area (Å²) in [7, 11) is 0. The summed E-state index contributed by atoms with van der Waals surface area (Å²) >= 11 is 0. The van der Waals surface area contributed by atoms with Crippen LogP contribution in [0.25, 0.3) is 0 Å². The van der Waals surface area contributed by atoms with Crippen LogP contribution in [0.1, 0.15) is 26.7 Å². The first-order chi connectivity index (χ1) is 12.0. The van der Waals surface area contributed by atoms with E-state index in [0.29, 0.717) is 0 Å². The average Bonchev–Trinajstić information content (AvgIpc) is 2.56. The van der Waals surface area contributed by atoms with E-state index in [1.807, 2.05) is 0 Å². The number of aliphatic hydroxyl groups is 1. The van der Waals surface area contributed by atoms with E-state index in [2.05, 4.69) is 16.0 Å². The summed E-state index contributed by atoms with van der Waals surface area (Å²) in [5.74, 6) is -4.35. The maximum absolute atomic E-state index is 12.1. The molecule has 4 atom stereocenters. The van der Waals surface area contributed by atoms with Crippen LogP contribution in [0, 0.1) is 0 Å². The highest BCUT2D eigenvalue weighted by Gasteiger charge is 2.27. The van der Waals surface area contributed by atoms with E-state index in [0.717, 1.165) is 0 Å². The van der Waals surface area contributed by atoms with E-state index >= 15 is 0 Å². The van der Waals surface area contributed by atoms with Crippen LogP contribution in [0.5, 0.6) is 0 Å². The van der Waals surface area contributed by atoms with Crippen LogP contribution in [0.3, 0.4) is 0 Å². The molecule has 0 heterocycles. The van der Waals surface area contributed by atoms with Crippen LogP contribution in [0.4, 0.5) is 0 Å². The Morgan fingerprint density at radius 3 is 1.92 bits per heavy atom. The molecule has 26 heavy (non-hydrogen) atoms. The van der Waals surface area contributed by atoms with E-state index in [9.17, 15) is 24.0 Å². The lowest BCUT2D eigenvalue weighted by Gasteiger charge is -2.22. The van der Waals surface area contributed by atoms with Gasteiger partial charge in [-0.3, -0.25) is 24.0 Å². The van der Waals surface area contributed by atoms with Crippen LogP contribution in [0.15, 0.2) is 0 Å². The largest absolute Gasteiger partial charge is 0.480 e. The molecule has 4 amide bonds. The summed E-state index contributed by atoms with van der Waals surface area (Å²) in [6, 6.07) is -4.76. The van der Waals surface area contributed by atoms with Gasteiger partial charge in [-0.2, -0.15) is 0 Å². The van der Waals surface area contributed by atoms with E-state index in [1.165, 1.54) is 13.8 Å². The SMILES string of the molecule is CC(NC(=O)C(CCC(N)=O)NC(=O)C(C)NC(=O)C(N)CO)C(=O)O. The van der Waals surface area contributed by atoms with Gasteiger partial charge in [-0.1, -0.05) is 0 Å². The number of carbonyl (C=O) groups is 5. The zero-order chi connectivity index (χ0) is 20.4. The molecule has 0 fully saturated rings. The van der Waals surface area contributed by atoms with Crippen LogP contribution >= 0.6 is 0 Å². The van der Waals surface area contributed by atoms with Gasteiger partial charge in [-0.25, -0.2) is 0 Å². The molecule has 12 nitrogen and oxygen atoms in total. The normalized spacial score (nSPS) is 15.1. The number of carboxylic acid groups (broad SMARTS) is 1. The van der Waals surface area contributed by atoms with Crippen LogP contribution in [-0.4, -0.2) is 70.6 Å². The van der Waals surface area contributed by atoms with Crippen molar-refractivity contribution < 1.29 is 34.2 Å². The molecule has 0 aromatic carbocycles. The Hall–Kier alpha value is -2.73. The third-order valence-corrected chi connectivity index (χ3v) is 3.33. The molecule has 0 saturated carbocycles. The molecule has 0 aromatic rings. The van der Waals surface area contributed by atoms with Gasteiger partial charge >= 0.3 is 5.97 Å². The van der Waals surface area contributed by atoms with Crippen LogP contribution < -0.4 is 27.4 Å². The summed E-state index contributed by atoms with van der Waals surface area (Å²) in [6.45, 7) is 1.93. The molecule has 0 rings (SSSR count). The first-order valence-corrected chi connectivity index (χ1v) is 7.78. The fourth-order valence-corrected chi connectivity index (χ4v) is 1.70. The molecule has 0 spiro atoms. The number of carbonyl (C=O) groups excluding carboxylic acids is 4. The molecule has 0 aromatic heterocycles. The smallest absolute Gasteiger partial charge is 0.325 e. The number of aliphatic hydroxyl groups excluding tert-OH is 1. The molecule has 9 N–H and O–H groups in total. The summed E-state index contributed by atoms with van der Waals surface area (Å²) in [6.07, 6.45) is -0.383. The van der Waals surface area contributed by atoms with Crippen molar-refractivity contribution in [2.24, 2.45) is 11.5 Å². The first kappa shape index (κ1) is 23.3. The second kappa shape index (κ2) is 11.0. The van der Waals surface area contributed by atoms with Crippen molar-refractivity contribution >= 4 is 29.6 Å². The molecule has 0 saturated heterocycles. The van der Waals surface area contributed by atoms with Crippen molar-refractivity contribution in [3.05, 3.63) is 0 Å². The number of carboxylic acids is 1. The van der Waals surface area contributed by atoms with Crippen LogP contribution in [-0.2, 0) is 24.0 Å². The maximum atomic E-state index is 12.1. The van der Waals surface area contributed by atoms with Gasteiger partial charge in [0.05, 0.1) is 6.61 Å². The highest BCUT2D eigenvalue weighted by atomic mass is 16.4. The monoisotopic (exact) mass is 375 g/mol. The summed E-state index contributed by atoms with van der Waals surface area (Å²) < 4.78 is 0. The van der Waals surface area contributed by atoms with Crippen molar-refractivity contribution in [1.82, 2.24) is 16.0 Å². The Balaban J connectivity index is 4.95. The molecule has 148 valence electrons. The summed E-state index contributed by atoms with van der Waals surface area (Å²) in [4.78, 5) is 57.5.